The lowest BCUT2D eigenvalue weighted by molar-refractivity contribution is -0.161. The van der Waals surface area contributed by atoms with Crippen LogP contribution in [0.4, 0.5) is 0 Å². The zero-order valence-corrected chi connectivity index (χ0v) is 43.5. The van der Waals surface area contributed by atoms with Gasteiger partial charge in [0.1, 0.15) is 6.61 Å². The van der Waals surface area contributed by atoms with Gasteiger partial charge >= 0.3 is 19.8 Å². The summed E-state index contributed by atoms with van der Waals surface area (Å²) in [5.74, 6) is -0.844. The van der Waals surface area contributed by atoms with Crippen LogP contribution in [-0.4, -0.2) is 49.3 Å². The highest BCUT2D eigenvalue weighted by molar-refractivity contribution is 7.47. The van der Waals surface area contributed by atoms with Gasteiger partial charge in [-0.05, 0) is 89.9 Å². The van der Waals surface area contributed by atoms with Crippen LogP contribution in [0.2, 0.25) is 0 Å². The maximum Gasteiger partial charge on any atom is 0.472 e. The molecule has 0 saturated heterocycles. The van der Waals surface area contributed by atoms with E-state index < -0.39 is 32.5 Å². The van der Waals surface area contributed by atoms with Gasteiger partial charge in [-0.2, -0.15) is 0 Å². The van der Waals surface area contributed by atoms with E-state index in [0.717, 1.165) is 109 Å². The Morgan fingerprint density at radius 2 is 0.821 bits per heavy atom. The molecule has 3 N–H and O–H groups in total. The van der Waals surface area contributed by atoms with Gasteiger partial charge in [0.2, 0.25) is 0 Å². The molecular formula is C57H98NO8P. The molecule has 9 nitrogen and oxygen atoms in total. The monoisotopic (exact) mass is 956 g/mol. The van der Waals surface area contributed by atoms with E-state index in [1.54, 1.807) is 0 Å². The van der Waals surface area contributed by atoms with Crippen LogP contribution in [0.15, 0.2) is 97.2 Å². The second kappa shape index (κ2) is 52.3. The van der Waals surface area contributed by atoms with Crippen LogP contribution in [0.25, 0.3) is 0 Å². The van der Waals surface area contributed by atoms with E-state index >= 15 is 0 Å². The van der Waals surface area contributed by atoms with Crippen molar-refractivity contribution in [1.82, 2.24) is 0 Å². The molecule has 67 heavy (non-hydrogen) atoms. The number of phosphoric acid groups is 1. The molecule has 0 amide bonds. The molecule has 0 radical (unpaired) electrons. The van der Waals surface area contributed by atoms with Crippen molar-refractivity contribution in [1.29, 1.82) is 0 Å². The molecule has 2 unspecified atom stereocenters. The largest absolute Gasteiger partial charge is 0.472 e. The van der Waals surface area contributed by atoms with Crippen molar-refractivity contribution in [2.24, 2.45) is 5.73 Å². The fourth-order valence-electron chi connectivity index (χ4n) is 7.01. The Hall–Kier alpha value is -3.07. The lowest BCUT2D eigenvalue weighted by Crippen LogP contribution is -2.29. The maximum atomic E-state index is 12.6. The molecule has 2 atom stereocenters. The molecule has 0 aromatic heterocycles. The molecule has 0 aromatic rings. The number of phosphoric ester groups is 1. The number of esters is 2. The average Bonchev–Trinajstić information content (AvgIpc) is 3.32. The average molecular weight is 956 g/mol. The number of hydrogen-bond donors (Lipinski definition) is 2. The third-order valence-electron chi connectivity index (χ3n) is 11.0. The quantitative estimate of drug-likeness (QED) is 0.0264. The van der Waals surface area contributed by atoms with Crippen molar-refractivity contribution in [3.63, 3.8) is 0 Å². The normalized spacial score (nSPS) is 13.9. The number of nitrogens with two attached hydrogens (primary N) is 1. The Balaban J connectivity index is 3.92. The molecule has 0 bridgehead atoms. The summed E-state index contributed by atoms with van der Waals surface area (Å²) >= 11 is 0. The zero-order valence-electron chi connectivity index (χ0n) is 42.6. The Labute approximate surface area is 410 Å². The van der Waals surface area contributed by atoms with Crippen LogP contribution in [0.3, 0.4) is 0 Å². The van der Waals surface area contributed by atoms with Gasteiger partial charge in [0, 0.05) is 19.4 Å². The SMILES string of the molecule is CC/C=C\C/C=C\C/C=C\C/C=C\C/C=C\C/C=C\C/C=C\CCCCCCCCCCCCCCCC(=O)OC(COC(=O)CCCCCCC/C=C\CCCC)COP(=O)(O)OCCN. The summed E-state index contributed by atoms with van der Waals surface area (Å²) in [6, 6.07) is 0. The molecule has 10 heteroatoms. The van der Waals surface area contributed by atoms with Gasteiger partial charge < -0.3 is 20.1 Å². The Morgan fingerprint density at radius 3 is 1.24 bits per heavy atom. The lowest BCUT2D eigenvalue weighted by atomic mass is 10.0. The lowest BCUT2D eigenvalue weighted by Gasteiger charge is -2.19. The molecule has 0 aliphatic heterocycles. The van der Waals surface area contributed by atoms with Crippen molar-refractivity contribution in [3.8, 4) is 0 Å². The summed E-state index contributed by atoms with van der Waals surface area (Å²) in [6.45, 7) is 3.56. The van der Waals surface area contributed by atoms with Crippen molar-refractivity contribution >= 4 is 19.8 Å². The van der Waals surface area contributed by atoms with Crippen molar-refractivity contribution in [3.05, 3.63) is 97.2 Å². The highest BCUT2D eigenvalue weighted by Crippen LogP contribution is 2.43. The van der Waals surface area contributed by atoms with Crippen LogP contribution in [0, 0.1) is 0 Å². The third kappa shape index (κ3) is 52.2. The van der Waals surface area contributed by atoms with Gasteiger partial charge in [-0.3, -0.25) is 18.6 Å². The maximum absolute atomic E-state index is 12.6. The molecule has 0 spiro atoms. The van der Waals surface area contributed by atoms with E-state index in [9.17, 15) is 19.0 Å². The predicted octanol–water partition coefficient (Wildman–Crippen LogP) is 16.5. The minimum atomic E-state index is -4.39. The first-order chi connectivity index (χ1) is 32.8. The molecule has 0 heterocycles. The van der Waals surface area contributed by atoms with Crippen molar-refractivity contribution in [2.45, 2.75) is 225 Å². The van der Waals surface area contributed by atoms with E-state index in [1.165, 1.54) is 77.0 Å². The fraction of sp³-hybridized carbons (Fsp3) is 0.684. The number of ether oxygens (including phenoxy) is 2. The standard InChI is InChI=1S/C57H98NO8P/c1-3-5-7-9-11-13-15-16-17-18-19-20-21-22-23-24-25-26-27-28-29-30-31-32-33-34-35-36-37-38-40-42-44-46-48-50-57(60)66-55(54-65-67(61,62)64-52-51-58)53-63-56(59)49-47-45-43-41-39-14-12-10-8-6-4-2/h5,7,10-13,16-17,19-20,22-23,25-26,28-29,55H,3-4,6,8-9,14-15,18,21,24,27,30-54,58H2,1-2H3,(H,61,62)/b7-5-,12-10-,13-11-,17-16-,20-19-,23-22-,26-25-,29-28-. The second-order valence-electron chi connectivity index (χ2n) is 17.4. The minimum Gasteiger partial charge on any atom is -0.462 e. The van der Waals surface area contributed by atoms with Gasteiger partial charge in [-0.25, -0.2) is 4.57 Å². The highest BCUT2D eigenvalue weighted by atomic mass is 31.2. The molecule has 0 saturated carbocycles. The summed E-state index contributed by atoms with van der Waals surface area (Å²) in [5.41, 5.74) is 5.36. The first kappa shape index (κ1) is 63.9. The second-order valence-corrected chi connectivity index (χ2v) is 18.8. The summed E-state index contributed by atoms with van der Waals surface area (Å²) in [4.78, 5) is 35.0. The molecule has 0 aromatic carbocycles. The molecule has 0 aliphatic carbocycles. The first-order valence-corrected chi connectivity index (χ1v) is 28.2. The van der Waals surface area contributed by atoms with Gasteiger partial charge in [0.05, 0.1) is 13.2 Å². The molecule has 0 fully saturated rings. The number of allylic oxidation sites excluding steroid dienone is 16. The summed E-state index contributed by atoms with van der Waals surface area (Å²) in [6.07, 6.45) is 69.0. The number of carbonyl (C=O) groups is 2. The third-order valence-corrected chi connectivity index (χ3v) is 11.9. The van der Waals surface area contributed by atoms with Crippen LogP contribution >= 0.6 is 7.82 Å². The number of carbonyl (C=O) groups excluding carboxylic acids is 2. The smallest absolute Gasteiger partial charge is 0.462 e. The molecule has 0 rings (SSSR count). The first-order valence-electron chi connectivity index (χ1n) is 26.7. The van der Waals surface area contributed by atoms with Gasteiger partial charge in [0.25, 0.3) is 0 Å². The summed E-state index contributed by atoms with van der Waals surface area (Å²) in [5, 5.41) is 0. The fourth-order valence-corrected chi connectivity index (χ4v) is 7.77. The highest BCUT2D eigenvalue weighted by Gasteiger charge is 2.26. The summed E-state index contributed by atoms with van der Waals surface area (Å²) < 4.78 is 32.8. The van der Waals surface area contributed by atoms with E-state index in [2.05, 4.69) is 111 Å². The van der Waals surface area contributed by atoms with E-state index in [4.69, 9.17) is 24.3 Å². The minimum absolute atomic E-state index is 0.0489. The number of unbranched alkanes of at least 4 members (excludes halogenated alkanes) is 20. The zero-order chi connectivity index (χ0) is 48.8. The van der Waals surface area contributed by atoms with Gasteiger partial charge in [-0.15, -0.1) is 0 Å². The molecular weight excluding hydrogens is 858 g/mol. The predicted molar refractivity (Wildman–Crippen MR) is 284 cm³/mol. The van der Waals surface area contributed by atoms with E-state index in [0.29, 0.717) is 6.42 Å². The van der Waals surface area contributed by atoms with Crippen LogP contribution in [0.5, 0.6) is 0 Å². The Morgan fingerprint density at radius 1 is 0.463 bits per heavy atom. The number of hydrogen-bond acceptors (Lipinski definition) is 8. The van der Waals surface area contributed by atoms with E-state index in [-0.39, 0.29) is 32.6 Å². The van der Waals surface area contributed by atoms with Crippen LogP contribution < -0.4 is 5.73 Å². The Kier molecular flexibility index (Phi) is 49.9. The van der Waals surface area contributed by atoms with Crippen molar-refractivity contribution in [2.75, 3.05) is 26.4 Å². The van der Waals surface area contributed by atoms with Crippen LogP contribution in [-0.2, 0) is 32.7 Å². The number of rotatable bonds is 49. The summed E-state index contributed by atoms with van der Waals surface area (Å²) in [7, 11) is -4.39. The Bertz CT molecular complexity index is 1410. The van der Waals surface area contributed by atoms with Gasteiger partial charge in [-0.1, -0.05) is 214 Å². The van der Waals surface area contributed by atoms with Crippen molar-refractivity contribution < 1.29 is 37.6 Å². The van der Waals surface area contributed by atoms with Gasteiger partial charge in [0.15, 0.2) is 6.10 Å². The van der Waals surface area contributed by atoms with Crippen LogP contribution in [0.1, 0.15) is 219 Å². The molecule has 384 valence electrons. The molecule has 0 aliphatic rings. The topological polar surface area (TPSA) is 134 Å². The van der Waals surface area contributed by atoms with E-state index in [1.807, 2.05) is 0 Å².